The fourth-order valence-electron chi connectivity index (χ4n) is 2.08. The standard InChI is InChI=1S/C15H33N2OPS/c1-14(2,3)12(11-15(4,5)19-20)13(18)16-9-8-10-17(6)7/h12,19-20H,8-11H2,1-7H3,(H,16,18). The highest BCUT2D eigenvalue weighted by Gasteiger charge is 2.35. The van der Waals surface area contributed by atoms with Crippen LogP contribution in [0.3, 0.4) is 0 Å². The summed E-state index contributed by atoms with van der Waals surface area (Å²) in [6.45, 7) is 12.6. The molecule has 0 aromatic heterocycles. The summed E-state index contributed by atoms with van der Waals surface area (Å²) in [5.41, 5.74) is -0.0175. The van der Waals surface area contributed by atoms with Gasteiger partial charge in [0.25, 0.3) is 0 Å². The lowest BCUT2D eigenvalue weighted by Crippen LogP contribution is -2.41. The Labute approximate surface area is 132 Å². The van der Waals surface area contributed by atoms with Crippen LogP contribution in [0, 0.1) is 11.3 Å². The first-order chi connectivity index (χ1) is 8.99. The highest BCUT2D eigenvalue weighted by atomic mass is 32.7. The van der Waals surface area contributed by atoms with Gasteiger partial charge in [0, 0.05) is 12.5 Å². The predicted octanol–water partition coefficient (Wildman–Crippen LogP) is 3.41. The third kappa shape index (κ3) is 8.49. The smallest absolute Gasteiger partial charge is 0.223 e. The van der Waals surface area contributed by atoms with Crippen LogP contribution in [0.1, 0.15) is 47.5 Å². The van der Waals surface area contributed by atoms with Crippen LogP contribution in [0.4, 0.5) is 0 Å². The van der Waals surface area contributed by atoms with Crippen LogP contribution in [0.15, 0.2) is 0 Å². The second kappa shape index (κ2) is 8.60. The fraction of sp³-hybridized carbons (Fsp3) is 0.933. The molecule has 0 fully saturated rings. The number of hydrogen-bond acceptors (Lipinski definition) is 3. The third-order valence-electron chi connectivity index (χ3n) is 3.46. The molecule has 0 heterocycles. The zero-order valence-electron chi connectivity index (χ0n) is 14.2. The molecule has 2 unspecified atom stereocenters. The van der Waals surface area contributed by atoms with Crippen molar-refractivity contribution >= 4 is 25.9 Å². The number of amides is 1. The van der Waals surface area contributed by atoms with Crippen LogP contribution in [0.5, 0.6) is 0 Å². The molecule has 120 valence electrons. The van der Waals surface area contributed by atoms with E-state index in [1.165, 1.54) is 0 Å². The van der Waals surface area contributed by atoms with Crippen molar-refractivity contribution in [3.63, 3.8) is 0 Å². The first-order valence-electron chi connectivity index (χ1n) is 7.33. The molecule has 0 aliphatic heterocycles. The highest BCUT2D eigenvalue weighted by molar-refractivity contribution is 8.38. The van der Waals surface area contributed by atoms with Gasteiger partial charge in [-0.2, -0.15) is 12.2 Å². The maximum absolute atomic E-state index is 12.5. The molecule has 1 N–H and O–H groups in total. The Morgan fingerprint density at radius 3 is 2.20 bits per heavy atom. The maximum Gasteiger partial charge on any atom is 0.223 e. The molecule has 0 aromatic carbocycles. The third-order valence-corrected chi connectivity index (χ3v) is 6.09. The molecular weight excluding hydrogens is 287 g/mol. The van der Waals surface area contributed by atoms with Gasteiger partial charge in [0.15, 0.2) is 0 Å². The molecule has 20 heavy (non-hydrogen) atoms. The maximum atomic E-state index is 12.5. The molecule has 0 spiro atoms. The van der Waals surface area contributed by atoms with Gasteiger partial charge in [-0.05, 0) is 44.1 Å². The quantitative estimate of drug-likeness (QED) is 0.408. The van der Waals surface area contributed by atoms with E-state index in [1.54, 1.807) is 0 Å². The van der Waals surface area contributed by atoms with E-state index < -0.39 is 0 Å². The number of carbonyl (C=O) groups is 1. The molecule has 0 radical (unpaired) electrons. The SMILES string of the molecule is CN(C)CCCNC(=O)C(CC(C)(C)PS)C(C)(C)C. The van der Waals surface area contributed by atoms with Crippen molar-refractivity contribution < 1.29 is 4.79 Å². The van der Waals surface area contributed by atoms with Gasteiger partial charge in [0.1, 0.15) is 0 Å². The topological polar surface area (TPSA) is 32.3 Å². The molecule has 0 rings (SSSR count). The number of hydrogen-bond donors (Lipinski definition) is 2. The van der Waals surface area contributed by atoms with Crippen LogP contribution in [-0.2, 0) is 4.79 Å². The van der Waals surface area contributed by atoms with Crippen LogP contribution in [-0.4, -0.2) is 43.1 Å². The number of rotatable bonds is 8. The van der Waals surface area contributed by atoms with Gasteiger partial charge in [-0.1, -0.05) is 42.4 Å². The Bertz CT molecular complexity index is 301. The Morgan fingerprint density at radius 2 is 1.80 bits per heavy atom. The van der Waals surface area contributed by atoms with Gasteiger partial charge >= 0.3 is 0 Å². The fourth-order valence-corrected chi connectivity index (χ4v) is 2.65. The molecular formula is C15H33N2OPS. The Morgan fingerprint density at radius 1 is 1.25 bits per heavy atom. The first kappa shape index (κ1) is 20.2. The van der Waals surface area contributed by atoms with Crippen molar-refractivity contribution in [2.24, 2.45) is 11.3 Å². The monoisotopic (exact) mass is 320 g/mol. The van der Waals surface area contributed by atoms with E-state index in [4.69, 9.17) is 0 Å². The van der Waals surface area contributed by atoms with E-state index in [1.807, 2.05) is 0 Å². The Hall–Kier alpha value is 0.210. The van der Waals surface area contributed by atoms with Gasteiger partial charge in [-0.3, -0.25) is 4.79 Å². The van der Waals surface area contributed by atoms with Crippen LogP contribution in [0.2, 0.25) is 0 Å². The van der Waals surface area contributed by atoms with Gasteiger partial charge in [-0.15, -0.1) is 0 Å². The van der Waals surface area contributed by atoms with E-state index in [-0.39, 0.29) is 22.4 Å². The zero-order valence-corrected chi connectivity index (χ0v) is 16.1. The summed E-state index contributed by atoms with van der Waals surface area (Å²) in [5.74, 6) is 0.229. The van der Waals surface area contributed by atoms with Crippen molar-refractivity contribution in [3.05, 3.63) is 0 Å². The van der Waals surface area contributed by atoms with Gasteiger partial charge < -0.3 is 10.2 Å². The molecule has 0 aliphatic rings. The summed E-state index contributed by atoms with van der Waals surface area (Å²) in [6, 6.07) is 0. The average molecular weight is 320 g/mol. The molecule has 0 aliphatic carbocycles. The van der Waals surface area contributed by atoms with Crippen LogP contribution in [0.25, 0.3) is 0 Å². The van der Waals surface area contributed by atoms with Crippen molar-refractivity contribution in [2.75, 3.05) is 27.2 Å². The Kier molecular flexibility index (Phi) is 8.69. The van der Waals surface area contributed by atoms with Gasteiger partial charge in [0.05, 0.1) is 0 Å². The van der Waals surface area contributed by atoms with E-state index in [9.17, 15) is 4.79 Å². The highest BCUT2D eigenvalue weighted by Crippen LogP contribution is 2.43. The summed E-state index contributed by atoms with van der Waals surface area (Å²) < 4.78 is 0. The lowest BCUT2D eigenvalue weighted by Gasteiger charge is -2.35. The summed E-state index contributed by atoms with van der Waals surface area (Å²) in [6.07, 6.45) is 1.88. The molecule has 0 saturated heterocycles. The van der Waals surface area contributed by atoms with Crippen LogP contribution >= 0.6 is 20.0 Å². The minimum Gasteiger partial charge on any atom is -0.356 e. The molecule has 3 nitrogen and oxygen atoms in total. The van der Waals surface area contributed by atoms with E-state index in [2.05, 4.69) is 71.2 Å². The van der Waals surface area contributed by atoms with Gasteiger partial charge in [-0.25, -0.2) is 0 Å². The molecule has 1 amide bonds. The number of thiol groups is 1. The molecule has 0 aromatic rings. The second-order valence-electron chi connectivity index (χ2n) is 7.57. The second-order valence-corrected chi connectivity index (χ2v) is 9.81. The van der Waals surface area contributed by atoms with Crippen molar-refractivity contribution in [2.45, 2.75) is 52.6 Å². The first-order valence-corrected chi connectivity index (χ1v) is 9.62. The number of nitrogens with zero attached hydrogens (tertiary/aromatic N) is 1. The zero-order chi connectivity index (χ0) is 16.0. The molecule has 0 saturated carbocycles. The predicted molar refractivity (Wildman–Crippen MR) is 95.1 cm³/mol. The van der Waals surface area contributed by atoms with E-state index in [0.29, 0.717) is 7.78 Å². The van der Waals surface area contributed by atoms with Gasteiger partial charge in [0.2, 0.25) is 5.91 Å². The summed E-state index contributed by atoms with van der Waals surface area (Å²) in [5, 5.41) is 3.22. The summed E-state index contributed by atoms with van der Waals surface area (Å²) in [7, 11) is 4.66. The van der Waals surface area contributed by atoms with Crippen molar-refractivity contribution in [1.29, 1.82) is 0 Å². The van der Waals surface area contributed by atoms with Crippen molar-refractivity contribution in [3.8, 4) is 0 Å². The van der Waals surface area contributed by atoms with E-state index >= 15 is 0 Å². The number of carbonyl (C=O) groups excluding carboxylic acids is 1. The normalized spacial score (nSPS) is 15.1. The Balaban J connectivity index is 4.52. The lowest BCUT2D eigenvalue weighted by molar-refractivity contribution is -0.128. The molecule has 0 bridgehead atoms. The summed E-state index contributed by atoms with van der Waals surface area (Å²) >= 11 is 4.44. The lowest BCUT2D eigenvalue weighted by atomic mass is 9.75. The van der Waals surface area contributed by atoms with Crippen molar-refractivity contribution in [1.82, 2.24) is 10.2 Å². The minimum atomic E-state index is -0.0175. The minimum absolute atomic E-state index is 0.0175. The summed E-state index contributed by atoms with van der Waals surface area (Å²) in [4.78, 5) is 14.6. The number of nitrogens with one attached hydrogen (secondary N) is 1. The largest absolute Gasteiger partial charge is 0.356 e. The van der Waals surface area contributed by atoms with Crippen LogP contribution < -0.4 is 5.32 Å². The van der Waals surface area contributed by atoms with E-state index in [0.717, 1.165) is 25.9 Å². The average Bonchev–Trinajstić information content (AvgIpc) is 2.30. The molecule has 2 atom stereocenters. The molecule has 5 heteroatoms.